The van der Waals surface area contributed by atoms with E-state index in [0.29, 0.717) is 11.3 Å². The number of benzene rings is 1. The molecule has 0 saturated heterocycles. The van der Waals surface area contributed by atoms with Gasteiger partial charge in [0.15, 0.2) is 5.78 Å². The second-order valence-electron chi connectivity index (χ2n) is 4.44. The van der Waals surface area contributed by atoms with E-state index in [-0.39, 0.29) is 10.7 Å². The van der Waals surface area contributed by atoms with E-state index in [2.05, 4.69) is 4.72 Å². The van der Waals surface area contributed by atoms with Crippen LogP contribution < -0.4 is 4.72 Å². The van der Waals surface area contributed by atoms with Crippen LogP contribution in [0.25, 0.3) is 0 Å². The molecule has 5 nitrogen and oxygen atoms in total. The van der Waals surface area contributed by atoms with Gasteiger partial charge < -0.3 is 4.42 Å². The van der Waals surface area contributed by atoms with E-state index in [9.17, 15) is 13.2 Å². The van der Waals surface area contributed by atoms with Crippen LogP contribution in [0.15, 0.2) is 52.0 Å². The number of hydrogen-bond acceptors (Lipinski definition) is 4. The smallest absolute Gasteiger partial charge is 0.241 e. The summed E-state index contributed by atoms with van der Waals surface area (Å²) < 4.78 is 32.0. The summed E-state index contributed by atoms with van der Waals surface area (Å²) in [4.78, 5) is 11.3. The average Bonchev–Trinajstić information content (AvgIpc) is 2.92. The number of hydrogen-bond donors (Lipinski definition) is 1. The summed E-state index contributed by atoms with van der Waals surface area (Å²) in [7, 11) is -3.65. The van der Waals surface area contributed by atoms with Crippen LogP contribution in [0.3, 0.4) is 0 Å². The zero-order chi connectivity index (χ0) is 14.8. The molecule has 0 fully saturated rings. The molecule has 0 saturated carbocycles. The third kappa shape index (κ3) is 3.15. The van der Waals surface area contributed by atoms with E-state index in [1.165, 1.54) is 37.5 Å². The van der Waals surface area contributed by atoms with Crippen LogP contribution in [0.2, 0.25) is 0 Å². The van der Waals surface area contributed by atoms with Gasteiger partial charge in [-0.05, 0) is 38.1 Å². The molecule has 0 bridgehead atoms. The highest BCUT2D eigenvalue weighted by atomic mass is 32.2. The molecular weight excluding hydrogens is 278 g/mol. The van der Waals surface area contributed by atoms with Crippen molar-refractivity contribution in [1.29, 1.82) is 0 Å². The summed E-state index contributed by atoms with van der Waals surface area (Å²) in [6.45, 7) is 3.13. The van der Waals surface area contributed by atoms with Crippen LogP contribution >= 0.6 is 0 Å². The topological polar surface area (TPSA) is 76.4 Å². The van der Waals surface area contributed by atoms with Gasteiger partial charge in [-0.1, -0.05) is 12.1 Å². The van der Waals surface area contributed by atoms with Crippen molar-refractivity contribution in [2.45, 2.75) is 24.8 Å². The number of Topliss-reactive ketones (excluding diaryl/α,β-unsaturated/α-hetero) is 1. The Morgan fingerprint density at radius 3 is 2.35 bits per heavy atom. The summed E-state index contributed by atoms with van der Waals surface area (Å²) in [6.07, 6.45) is 1.49. The zero-order valence-corrected chi connectivity index (χ0v) is 12.0. The van der Waals surface area contributed by atoms with Gasteiger partial charge in [0.1, 0.15) is 5.76 Å². The van der Waals surface area contributed by atoms with Gasteiger partial charge in [-0.15, -0.1) is 0 Å². The minimum absolute atomic E-state index is 0.106. The van der Waals surface area contributed by atoms with Crippen LogP contribution in [0.5, 0.6) is 0 Å². The molecule has 0 aliphatic rings. The molecule has 0 aliphatic heterocycles. The van der Waals surface area contributed by atoms with Gasteiger partial charge in [-0.25, -0.2) is 13.1 Å². The molecule has 1 aromatic heterocycles. The lowest BCUT2D eigenvalue weighted by Gasteiger charge is -2.12. The minimum Gasteiger partial charge on any atom is -0.468 e. The van der Waals surface area contributed by atoms with Crippen LogP contribution in [0.4, 0.5) is 0 Å². The van der Waals surface area contributed by atoms with Crippen molar-refractivity contribution in [3.8, 4) is 0 Å². The van der Waals surface area contributed by atoms with Crippen molar-refractivity contribution in [1.82, 2.24) is 4.72 Å². The van der Waals surface area contributed by atoms with E-state index >= 15 is 0 Å². The van der Waals surface area contributed by atoms with E-state index in [1.807, 2.05) is 0 Å². The predicted molar refractivity (Wildman–Crippen MR) is 73.9 cm³/mol. The molecule has 20 heavy (non-hydrogen) atoms. The van der Waals surface area contributed by atoms with E-state index in [4.69, 9.17) is 4.42 Å². The zero-order valence-electron chi connectivity index (χ0n) is 11.2. The number of ketones is 1. The predicted octanol–water partition coefficient (Wildman–Crippen LogP) is 2.52. The van der Waals surface area contributed by atoms with Gasteiger partial charge in [-0.3, -0.25) is 4.79 Å². The first-order valence-electron chi connectivity index (χ1n) is 6.07. The number of carbonyl (C=O) groups excluding carboxylic acids is 1. The van der Waals surface area contributed by atoms with Crippen LogP contribution in [0.1, 0.15) is 36.0 Å². The van der Waals surface area contributed by atoms with Crippen molar-refractivity contribution in [3.05, 3.63) is 54.0 Å². The van der Waals surface area contributed by atoms with Gasteiger partial charge in [0.05, 0.1) is 17.2 Å². The molecule has 2 rings (SSSR count). The van der Waals surface area contributed by atoms with E-state index in [0.717, 1.165) is 0 Å². The molecule has 1 aromatic carbocycles. The highest BCUT2D eigenvalue weighted by molar-refractivity contribution is 7.89. The monoisotopic (exact) mass is 293 g/mol. The molecular formula is C14H15NO4S. The molecule has 106 valence electrons. The molecule has 0 aliphatic carbocycles. The Morgan fingerprint density at radius 2 is 1.85 bits per heavy atom. The van der Waals surface area contributed by atoms with Crippen LogP contribution in [0, 0.1) is 0 Å². The number of nitrogens with one attached hydrogen (secondary N) is 1. The van der Waals surface area contributed by atoms with Crippen molar-refractivity contribution in [2.75, 3.05) is 0 Å². The summed E-state index contributed by atoms with van der Waals surface area (Å²) in [5, 5.41) is 0. The highest BCUT2D eigenvalue weighted by Gasteiger charge is 2.19. The third-order valence-corrected chi connectivity index (χ3v) is 4.43. The Balaban J connectivity index is 2.20. The van der Waals surface area contributed by atoms with Crippen molar-refractivity contribution in [3.63, 3.8) is 0 Å². The number of rotatable bonds is 5. The lowest BCUT2D eigenvalue weighted by molar-refractivity contribution is 0.101. The van der Waals surface area contributed by atoms with Gasteiger partial charge in [0.25, 0.3) is 0 Å². The SMILES string of the molecule is CC(=O)c1ccc(S(=O)(=O)N[C@@H](C)c2ccco2)cc1. The van der Waals surface area contributed by atoms with Crippen LogP contribution in [-0.2, 0) is 10.0 Å². The fourth-order valence-electron chi connectivity index (χ4n) is 1.77. The number of carbonyl (C=O) groups is 1. The lowest BCUT2D eigenvalue weighted by Crippen LogP contribution is -2.26. The molecule has 1 heterocycles. The molecule has 6 heteroatoms. The fourth-order valence-corrected chi connectivity index (χ4v) is 2.98. The average molecular weight is 293 g/mol. The molecule has 0 spiro atoms. The number of furan rings is 1. The summed E-state index contributed by atoms with van der Waals surface area (Å²) in [6, 6.07) is 8.74. The second-order valence-corrected chi connectivity index (χ2v) is 6.15. The first kappa shape index (κ1) is 14.5. The first-order valence-corrected chi connectivity index (χ1v) is 7.55. The number of sulfonamides is 1. The molecule has 0 radical (unpaired) electrons. The summed E-state index contributed by atoms with van der Waals surface area (Å²) in [5.41, 5.74) is 0.475. The largest absolute Gasteiger partial charge is 0.468 e. The summed E-state index contributed by atoms with van der Waals surface area (Å²) >= 11 is 0. The van der Waals surface area contributed by atoms with Gasteiger partial charge in [0.2, 0.25) is 10.0 Å². The highest BCUT2D eigenvalue weighted by Crippen LogP contribution is 2.17. The Kier molecular flexibility index (Phi) is 4.06. The Bertz CT molecular complexity index is 687. The van der Waals surface area contributed by atoms with Crippen molar-refractivity contribution >= 4 is 15.8 Å². The van der Waals surface area contributed by atoms with E-state index < -0.39 is 16.1 Å². The first-order chi connectivity index (χ1) is 9.40. The standard InChI is InChI=1S/C14H15NO4S/c1-10(14-4-3-9-19-14)15-20(17,18)13-7-5-12(6-8-13)11(2)16/h3-10,15H,1-2H3/t10-/m0/s1. The molecule has 0 amide bonds. The Morgan fingerprint density at radius 1 is 1.20 bits per heavy atom. The molecule has 1 N–H and O–H groups in total. The third-order valence-electron chi connectivity index (χ3n) is 2.87. The Hall–Kier alpha value is -1.92. The Labute approximate surface area is 117 Å². The second kappa shape index (κ2) is 5.60. The maximum absolute atomic E-state index is 12.2. The maximum atomic E-state index is 12.2. The van der Waals surface area contributed by atoms with Crippen LogP contribution in [-0.4, -0.2) is 14.2 Å². The molecule has 2 aromatic rings. The lowest BCUT2D eigenvalue weighted by atomic mass is 10.2. The van der Waals surface area contributed by atoms with Gasteiger partial charge in [-0.2, -0.15) is 0 Å². The van der Waals surface area contributed by atoms with Gasteiger partial charge >= 0.3 is 0 Å². The quantitative estimate of drug-likeness (QED) is 0.859. The fraction of sp³-hybridized carbons (Fsp3) is 0.214. The maximum Gasteiger partial charge on any atom is 0.241 e. The van der Waals surface area contributed by atoms with Crippen molar-refractivity contribution in [2.24, 2.45) is 0 Å². The normalized spacial score (nSPS) is 13.1. The van der Waals surface area contributed by atoms with Crippen molar-refractivity contribution < 1.29 is 17.6 Å². The molecule has 0 unspecified atom stereocenters. The van der Waals surface area contributed by atoms with Gasteiger partial charge in [0, 0.05) is 5.56 Å². The minimum atomic E-state index is -3.65. The summed E-state index contributed by atoms with van der Waals surface area (Å²) in [5.74, 6) is 0.430. The molecule has 1 atom stereocenters. The van der Waals surface area contributed by atoms with E-state index in [1.54, 1.807) is 19.1 Å².